The molecule has 0 bridgehead atoms. The van der Waals surface area contributed by atoms with E-state index in [0.29, 0.717) is 13.0 Å². The van der Waals surface area contributed by atoms with Crippen LogP contribution in [0.5, 0.6) is 0 Å². The van der Waals surface area contributed by atoms with Crippen LogP contribution < -0.4 is 15.5 Å². The third kappa shape index (κ3) is 4.46. The summed E-state index contributed by atoms with van der Waals surface area (Å²) >= 11 is 0. The molecule has 1 aliphatic rings. The van der Waals surface area contributed by atoms with E-state index in [4.69, 9.17) is 4.74 Å². The van der Waals surface area contributed by atoms with Crippen molar-refractivity contribution in [2.75, 3.05) is 44.8 Å². The first kappa shape index (κ1) is 15.3. The van der Waals surface area contributed by atoms with Crippen LogP contribution in [0, 0.1) is 0 Å². The van der Waals surface area contributed by atoms with Gasteiger partial charge in [0.2, 0.25) is 0 Å². The first-order valence-electron chi connectivity index (χ1n) is 7.12. The second-order valence-corrected chi connectivity index (χ2v) is 4.85. The maximum Gasteiger partial charge on any atom is 0.309 e. The van der Waals surface area contributed by atoms with Crippen molar-refractivity contribution in [1.29, 1.82) is 0 Å². The van der Waals surface area contributed by atoms with Gasteiger partial charge in [0.25, 0.3) is 0 Å². The molecule has 6 heteroatoms. The van der Waals surface area contributed by atoms with Gasteiger partial charge in [-0.3, -0.25) is 9.59 Å². The van der Waals surface area contributed by atoms with Gasteiger partial charge in [0.1, 0.15) is 0 Å². The summed E-state index contributed by atoms with van der Waals surface area (Å²) in [7, 11) is 1.44. The Labute approximate surface area is 124 Å². The monoisotopic (exact) mass is 291 g/mol. The molecule has 21 heavy (non-hydrogen) atoms. The summed E-state index contributed by atoms with van der Waals surface area (Å²) in [5.41, 5.74) is 2.32. The van der Waals surface area contributed by atoms with Gasteiger partial charge in [-0.25, -0.2) is 0 Å². The molecule has 1 aromatic rings. The summed E-state index contributed by atoms with van der Waals surface area (Å²) in [6, 6.07) is 8.27. The molecule has 6 nitrogen and oxygen atoms in total. The van der Waals surface area contributed by atoms with Crippen molar-refractivity contribution in [3.63, 3.8) is 0 Å². The van der Waals surface area contributed by atoms with Gasteiger partial charge in [-0.1, -0.05) is 12.1 Å². The van der Waals surface area contributed by atoms with Crippen LogP contribution in [-0.2, 0) is 20.7 Å². The van der Waals surface area contributed by atoms with Crippen molar-refractivity contribution in [2.24, 2.45) is 0 Å². The number of morpholine rings is 1. The topological polar surface area (TPSA) is 70.7 Å². The zero-order chi connectivity index (χ0) is 15.1. The lowest BCUT2D eigenvalue weighted by molar-refractivity contribution is -0.138. The Bertz CT molecular complexity index is 481. The van der Waals surface area contributed by atoms with Crippen LogP contribution in [0.3, 0.4) is 0 Å². The number of carbonyl (C=O) groups excluding carboxylic acids is 2. The van der Waals surface area contributed by atoms with Gasteiger partial charge in [0.15, 0.2) is 0 Å². The summed E-state index contributed by atoms with van der Waals surface area (Å²) in [6.45, 7) is 3.83. The van der Waals surface area contributed by atoms with Gasteiger partial charge in [0, 0.05) is 32.4 Å². The summed E-state index contributed by atoms with van der Waals surface area (Å²) in [6.07, 6.45) is 0.701. The van der Waals surface area contributed by atoms with Crippen molar-refractivity contribution in [1.82, 2.24) is 10.6 Å². The quantitative estimate of drug-likeness (QED) is 0.762. The number of amides is 2. The lowest BCUT2D eigenvalue weighted by Crippen LogP contribution is -2.38. The minimum absolute atomic E-state index is 0.448. The molecule has 0 aliphatic carbocycles. The van der Waals surface area contributed by atoms with Crippen molar-refractivity contribution < 1.29 is 14.3 Å². The Morgan fingerprint density at radius 2 is 1.81 bits per heavy atom. The molecule has 114 valence electrons. The van der Waals surface area contributed by atoms with Gasteiger partial charge in [0.05, 0.1) is 13.2 Å². The van der Waals surface area contributed by atoms with E-state index in [0.717, 1.165) is 31.9 Å². The van der Waals surface area contributed by atoms with E-state index in [1.165, 1.54) is 12.7 Å². The van der Waals surface area contributed by atoms with Crippen LogP contribution >= 0.6 is 0 Å². The van der Waals surface area contributed by atoms with E-state index in [-0.39, 0.29) is 0 Å². The van der Waals surface area contributed by atoms with E-state index >= 15 is 0 Å². The highest BCUT2D eigenvalue weighted by molar-refractivity contribution is 6.34. The van der Waals surface area contributed by atoms with Crippen molar-refractivity contribution in [3.05, 3.63) is 29.8 Å². The first-order chi connectivity index (χ1) is 10.2. The minimum Gasteiger partial charge on any atom is -0.378 e. The SMILES string of the molecule is CNC(=O)C(=O)NCCc1ccc(N2CCOCC2)cc1. The molecule has 2 amide bonds. The number of ether oxygens (including phenoxy) is 1. The fourth-order valence-corrected chi connectivity index (χ4v) is 2.21. The van der Waals surface area contributed by atoms with Gasteiger partial charge in [-0.05, 0) is 24.1 Å². The van der Waals surface area contributed by atoms with E-state index in [1.807, 2.05) is 0 Å². The molecule has 0 radical (unpaired) electrons. The molecular weight excluding hydrogens is 270 g/mol. The Kier molecular flexibility index (Phi) is 5.57. The van der Waals surface area contributed by atoms with Crippen molar-refractivity contribution >= 4 is 17.5 Å². The molecule has 0 spiro atoms. The number of benzene rings is 1. The van der Waals surface area contributed by atoms with Crippen molar-refractivity contribution in [2.45, 2.75) is 6.42 Å². The average Bonchev–Trinajstić information content (AvgIpc) is 2.55. The fraction of sp³-hybridized carbons (Fsp3) is 0.467. The molecule has 1 heterocycles. The predicted octanol–water partition coefficient (Wildman–Crippen LogP) is -0.0721. The highest BCUT2D eigenvalue weighted by Crippen LogP contribution is 2.16. The summed E-state index contributed by atoms with van der Waals surface area (Å²) in [5, 5.41) is 4.87. The van der Waals surface area contributed by atoms with Gasteiger partial charge >= 0.3 is 11.8 Å². The van der Waals surface area contributed by atoms with Crippen LogP contribution in [0.15, 0.2) is 24.3 Å². The number of carbonyl (C=O) groups is 2. The van der Waals surface area contributed by atoms with Crippen LogP contribution in [0.1, 0.15) is 5.56 Å². The first-order valence-corrected chi connectivity index (χ1v) is 7.12. The normalized spacial score (nSPS) is 14.6. The molecule has 1 saturated heterocycles. The summed E-state index contributed by atoms with van der Waals surface area (Å²) in [5.74, 6) is -1.21. The molecule has 0 aromatic heterocycles. The Hall–Kier alpha value is -2.08. The number of hydrogen-bond donors (Lipinski definition) is 2. The number of likely N-dealkylation sites (N-methyl/N-ethyl adjacent to an activating group) is 1. The number of hydrogen-bond acceptors (Lipinski definition) is 4. The number of rotatable bonds is 4. The third-order valence-corrected chi connectivity index (χ3v) is 3.45. The molecule has 0 unspecified atom stereocenters. The second-order valence-electron chi connectivity index (χ2n) is 4.85. The van der Waals surface area contributed by atoms with Crippen LogP contribution in [0.4, 0.5) is 5.69 Å². The molecule has 1 fully saturated rings. The highest BCUT2D eigenvalue weighted by Gasteiger charge is 2.11. The Balaban J connectivity index is 1.79. The maximum atomic E-state index is 11.3. The van der Waals surface area contributed by atoms with Crippen molar-refractivity contribution in [3.8, 4) is 0 Å². The van der Waals surface area contributed by atoms with Crippen LogP contribution in [0.2, 0.25) is 0 Å². The average molecular weight is 291 g/mol. The number of nitrogens with zero attached hydrogens (tertiary/aromatic N) is 1. The number of nitrogens with one attached hydrogen (secondary N) is 2. The van der Waals surface area contributed by atoms with E-state index in [9.17, 15) is 9.59 Å². The molecule has 1 aromatic carbocycles. The fourth-order valence-electron chi connectivity index (χ4n) is 2.21. The zero-order valence-electron chi connectivity index (χ0n) is 12.2. The van der Waals surface area contributed by atoms with Crippen LogP contribution in [0.25, 0.3) is 0 Å². The van der Waals surface area contributed by atoms with E-state index in [2.05, 4.69) is 39.8 Å². The Morgan fingerprint density at radius 3 is 2.43 bits per heavy atom. The van der Waals surface area contributed by atoms with Gasteiger partial charge in [-0.2, -0.15) is 0 Å². The second kappa shape index (κ2) is 7.64. The summed E-state index contributed by atoms with van der Waals surface area (Å²) in [4.78, 5) is 24.6. The molecule has 1 aliphatic heterocycles. The zero-order valence-corrected chi connectivity index (χ0v) is 12.2. The molecule has 0 atom stereocenters. The minimum atomic E-state index is -0.613. The van der Waals surface area contributed by atoms with E-state index < -0.39 is 11.8 Å². The highest BCUT2D eigenvalue weighted by atomic mass is 16.5. The van der Waals surface area contributed by atoms with Gasteiger partial charge in [-0.15, -0.1) is 0 Å². The van der Waals surface area contributed by atoms with Crippen LogP contribution in [-0.4, -0.2) is 51.7 Å². The Morgan fingerprint density at radius 1 is 1.14 bits per heavy atom. The molecule has 0 saturated carbocycles. The maximum absolute atomic E-state index is 11.3. The molecular formula is C15H21N3O3. The lowest BCUT2D eigenvalue weighted by Gasteiger charge is -2.28. The third-order valence-electron chi connectivity index (χ3n) is 3.45. The lowest BCUT2D eigenvalue weighted by atomic mass is 10.1. The molecule has 2 rings (SSSR count). The van der Waals surface area contributed by atoms with Gasteiger partial charge < -0.3 is 20.3 Å². The number of anilines is 1. The largest absolute Gasteiger partial charge is 0.378 e. The molecule has 2 N–H and O–H groups in total. The summed E-state index contributed by atoms with van der Waals surface area (Å²) < 4.78 is 5.33. The van der Waals surface area contributed by atoms with E-state index in [1.54, 1.807) is 0 Å². The standard InChI is InChI=1S/C15H21N3O3/c1-16-14(19)15(20)17-7-6-12-2-4-13(5-3-12)18-8-10-21-11-9-18/h2-5H,6-11H2,1H3,(H,16,19)(H,17,20). The smallest absolute Gasteiger partial charge is 0.309 e. The predicted molar refractivity (Wildman–Crippen MR) is 80.3 cm³/mol.